The topological polar surface area (TPSA) is 76.1 Å². The molecular weight excluding hydrogens is 200 g/mol. The molecule has 0 fully saturated rings. The van der Waals surface area contributed by atoms with E-state index in [-0.39, 0.29) is 0 Å². The van der Waals surface area contributed by atoms with Gasteiger partial charge in [-0.15, -0.1) is 11.3 Å². The molecule has 0 saturated carbocycles. The average Bonchev–Trinajstić information content (AvgIpc) is 2.59. The number of nitriles is 1. The Hall–Kier alpha value is -1.38. The van der Waals surface area contributed by atoms with Gasteiger partial charge in [0.25, 0.3) is 5.91 Å². The van der Waals surface area contributed by atoms with Gasteiger partial charge in [-0.25, -0.2) is 0 Å². The van der Waals surface area contributed by atoms with Crippen LogP contribution < -0.4 is 5.73 Å². The van der Waals surface area contributed by atoms with Gasteiger partial charge < -0.3 is 10.5 Å². The van der Waals surface area contributed by atoms with E-state index in [4.69, 9.17) is 15.7 Å². The van der Waals surface area contributed by atoms with Gasteiger partial charge in [0, 0.05) is 10.3 Å². The van der Waals surface area contributed by atoms with Crippen molar-refractivity contribution in [1.29, 1.82) is 5.26 Å². The molecule has 0 aliphatic carbocycles. The van der Waals surface area contributed by atoms with Gasteiger partial charge in [0.05, 0.1) is 12.2 Å². The smallest absolute Gasteiger partial charge is 0.252 e. The number of carbonyl (C=O) groups excluding carboxylic acids is 1. The summed E-state index contributed by atoms with van der Waals surface area (Å²) in [6, 6.07) is 2.10. The maximum atomic E-state index is 11.0. The van der Waals surface area contributed by atoms with Crippen LogP contribution in [-0.4, -0.2) is 12.5 Å². The SMILES string of the molecule is N#Cc1csc2c1CCOC2C(N)=O. The first kappa shape index (κ1) is 9.19. The summed E-state index contributed by atoms with van der Waals surface area (Å²) in [5.74, 6) is -0.489. The lowest BCUT2D eigenvalue weighted by molar-refractivity contribution is -0.130. The van der Waals surface area contributed by atoms with Crippen LogP contribution in [0.4, 0.5) is 0 Å². The molecule has 2 rings (SSSR count). The van der Waals surface area contributed by atoms with Crippen molar-refractivity contribution < 1.29 is 9.53 Å². The van der Waals surface area contributed by atoms with Crippen LogP contribution in [0, 0.1) is 11.3 Å². The van der Waals surface area contributed by atoms with Crippen molar-refractivity contribution in [2.45, 2.75) is 12.5 Å². The number of thiophene rings is 1. The standard InChI is InChI=1S/C9H8N2O2S/c10-3-5-4-14-8-6(5)1-2-13-7(8)9(11)12/h4,7H,1-2H2,(H2,11,12). The Balaban J connectivity index is 2.47. The van der Waals surface area contributed by atoms with Crippen molar-refractivity contribution in [3.63, 3.8) is 0 Å². The Morgan fingerprint density at radius 3 is 3.21 bits per heavy atom. The third-order valence-corrected chi connectivity index (χ3v) is 3.25. The van der Waals surface area contributed by atoms with Crippen LogP contribution >= 0.6 is 11.3 Å². The van der Waals surface area contributed by atoms with Crippen LogP contribution in [-0.2, 0) is 16.0 Å². The molecule has 1 atom stereocenters. The molecule has 1 aromatic rings. The highest BCUT2D eigenvalue weighted by Crippen LogP contribution is 2.34. The molecule has 1 aromatic heterocycles. The van der Waals surface area contributed by atoms with E-state index in [1.807, 2.05) is 0 Å². The summed E-state index contributed by atoms with van der Waals surface area (Å²) in [6.45, 7) is 0.450. The van der Waals surface area contributed by atoms with E-state index in [0.717, 1.165) is 10.4 Å². The number of hydrogen-bond donors (Lipinski definition) is 1. The molecule has 1 aliphatic heterocycles. The normalized spacial score (nSPS) is 19.8. The number of nitrogens with zero attached hydrogens (tertiary/aromatic N) is 1. The Labute approximate surface area is 84.9 Å². The quantitative estimate of drug-likeness (QED) is 0.738. The molecule has 2 heterocycles. The first-order valence-electron chi connectivity index (χ1n) is 4.15. The summed E-state index contributed by atoms with van der Waals surface area (Å²) >= 11 is 1.36. The maximum absolute atomic E-state index is 11.0. The Kier molecular flexibility index (Phi) is 2.23. The monoisotopic (exact) mass is 208 g/mol. The molecule has 14 heavy (non-hydrogen) atoms. The van der Waals surface area contributed by atoms with Crippen LogP contribution in [0.15, 0.2) is 5.38 Å². The fraction of sp³-hybridized carbons (Fsp3) is 0.333. The molecule has 72 valence electrons. The molecule has 2 N–H and O–H groups in total. The van der Waals surface area contributed by atoms with Crippen molar-refractivity contribution >= 4 is 17.2 Å². The number of rotatable bonds is 1. The second kappa shape index (κ2) is 3.40. The molecule has 1 amide bonds. The van der Waals surface area contributed by atoms with Gasteiger partial charge in [0.15, 0.2) is 6.10 Å². The number of hydrogen-bond acceptors (Lipinski definition) is 4. The predicted molar refractivity (Wildman–Crippen MR) is 50.6 cm³/mol. The van der Waals surface area contributed by atoms with Crippen molar-refractivity contribution in [2.24, 2.45) is 5.73 Å². The molecule has 0 aromatic carbocycles. The van der Waals surface area contributed by atoms with Crippen LogP contribution in [0.25, 0.3) is 0 Å². The highest BCUT2D eigenvalue weighted by atomic mass is 32.1. The molecule has 0 spiro atoms. The molecule has 4 nitrogen and oxygen atoms in total. The summed E-state index contributed by atoms with van der Waals surface area (Å²) < 4.78 is 5.25. The van der Waals surface area contributed by atoms with E-state index < -0.39 is 12.0 Å². The van der Waals surface area contributed by atoms with Crippen LogP contribution in [0.5, 0.6) is 0 Å². The molecule has 0 bridgehead atoms. The summed E-state index contributed by atoms with van der Waals surface area (Å²) in [6.07, 6.45) is 0.0248. The van der Waals surface area contributed by atoms with Crippen molar-refractivity contribution in [3.05, 3.63) is 21.4 Å². The lowest BCUT2D eigenvalue weighted by Gasteiger charge is -2.20. The highest BCUT2D eigenvalue weighted by Gasteiger charge is 2.28. The Bertz CT molecular complexity index is 419. The number of nitrogens with two attached hydrogens (primary N) is 1. The first-order chi connectivity index (χ1) is 6.74. The third kappa shape index (κ3) is 1.29. The van der Waals surface area contributed by atoms with Gasteiger partial charge in [-0.3, -0.25) is 4.79 Å². The fourth-order valence-electron chi connectivity index (χ4n) is 1.54. The van der Waals surface area contributed by atoms with E-state index in [2.05, 4.69) is 6.07 Å². The van der Waals surface area contributed by atoms with Gasteiger partial charge in [-0.05, 0) is 12.0 Å². The minimum atomic E-state index is -0.661. The molecule has 0 saturated heterocycles. The number of primary amides is 1. The Morgan fingerprint density at radius 1 is 1.79 bits per heavy atom. The van der Waals surface area contributed by atoms with E-state index in [1.54, 1.807) is 5.38 Å². The maximum Gasteiger partial charge on any atom is 0.252 e. The first-order valence-corrected chi connectivity index (χ1v) is 5.03. The molecule has 0 radical (unpaired) electrons. The molecular formula is C9H8N2O2S. The summed E-state index contributed by atoms with van der Waals surface area (Å²) in [7, 11) is 0. The lowest BCUT2D eigenvalue weighted by atomic mass is 10.0. The summed E-state index contributed by atoms with van der Waals surface area (Å²) in [5, 5.41) is 10.6. The summed E-state index contributed by atoms with van der Waals surface area (Å²) in [4.78, 5) is 11.8. The number of ether oxygens (including phenoxy) is 1. The van der Waals surface area contributed by atoms with Gasteiger partial charge in [-0.2, -0.15) is 5.26 Å². The van der Waals surface area contributed by atoms with Crippen molar-refractivity contribution in [3.8, 4) is 6.07 Å². The van der Waals surface area contributed by atoms with Crippen LogP contribution in [0.3, 0.4) is 0 Å². The molecule has 1 aliphatic rings. The third-order valence-electron chi connectivity index (χ3n) is 2.18. The minimum absolute atomic E-state index is 0.450. The van der Waals surface area contributed by atoms with Gasteiger partial charge in [-0.1, -0.05) is 0 Å². The number of amides is 1. The zero-order valence-electron chi connectivity index (χ0n) is 7.32. The van der Waals surface area contributed by atoms with Gasteiger partial charge in [0.2, 0.25) is 0 Å². The fourth-order valence-corrected chi connectivity index (χ4v) is 2.64. The predicted octanol–water partition coefficient (Wildman–Crippen LogP) is 0.719. The van der Waals surface area contributed by atoms with E-state index in [1.165, 1.54) is 11.3 Å². The van der Waals surface area contributed by atoms with Crippen LogP contribution in [0.1, 0.15) is 22.1 Å². The van der Waals surface area contributed by atoms with Gasteiger partial charge >= 0.3 is 0 Å². The number of fused-ring (bicyclic) bond motifs is 1. The van der Waals surface area contributed by atoms with Crippen LogP contribution in [0.2, 0.25) is 0 Å². The largest absolute Gasteiger partial charge is 0.367 e. The van der Waals surface area contributed by atoms with Crippen molar-refractivity contribution in [2.75, 3.05) is 6.61 Å². The molecule has 1 unspecified atom stereocenters. The van der Waals surface area contributed by atoms with E-state index >= 15 is 0 Å². The van der Waals surface area contributed by atoms with E-state index in [0.29, 0.717) is 18.6 Å². The number of carbonyl (C=O) groups is 1. The summed E-state index contributed by atoms with van der Waals surface area (Å²) in [5.41, 5.74) is 6.75. The minimum Gasteiger partial charge on any atom is -0.367 e. The van der Waals surface area contributed by atoms with E-state index in [9.17, 15) is 4.79 Å². The van der Waals surface area contributed by atoms with Gasteiger partial charge in [0.1, 0.15) is 6.07 Å². The zero-order valence-corrected chi connectivity index (χ0v) is 8.13. The van der Waals surface area contributed by atoms with Crippen molar-refractivity contribution in [1.82, 2.24) is 0 Å². The second-order valence-electron chi connectivity index (χ2n) is 3.01. The molecule has 5 heteroatoms. The average molecular weight is 208 g/mol. The zero-order chi connectivity index (χ0) is 10.1. The highest BCUT2D eigenvalue weighted by molar-refractivity contribution is 7.10. The Morgan fingerprint density at radius 2 is 2.57 bits per heavy atom. The lowest BCUT2D eigenvalue weighted by Crippen LogP contribution is -2.27. The second-order valence-corrected chi connectivity index (χ2v) is 3.92.